The van der Waals surface area contributed by atoms with Crippen LogP contribution in [-0.2, 0) is 4.79 Å². The number of aryl methyl sites for hydroxylation is 1. The van der Waals surface area contributed by atoms with Crippen molar-refractivity contribution in [2.24, 2.45) is 5.92 Å². The lowest BCUT2D eigenvalue weighted by Crippen LogP contribution is -2.47. The maximum Gasteiger partial charge on any atom is 0.252 e. The Kier molecular flexibility index (Phi) is 8.13. The standard InChI is InChI=1S/C23H30N2O6/c1-13(2)20(23(27)24-16-10-14(3)8-9-17(16)28-4)25-22(26)15-11-18(29-5)21(31-7)19(12-15)30-6/h8-13,20H,1-7H3,(H,24,27)(H,25,26)/t20-/m1/s1. The molecule has 2 amide bonds. The molecule has 31 heavy (non-hydrogen) atoms. The van der Waals surface area contributed by atoms with Gasteiger partial charge in [0.15, 0.2) is 11.5 Å². The molecule has 8 heteroatoms. The second-order valence-electron chi connectivity index (χ2n) is 7.30. The minimum Gasteiger partial charge on any atom is -0.495 e. The molecule has 0 bridgehead atoms. The summed E-state index contributed by atoms with van der Waals surface area (Å²) in [6, 6.07) is 7.78. The van der Waals surface area contributed by atoms with Crippen LogP contribution in [0.3, 0.4) is 0 Å². The molecule has 0 heterocycles. The van der Waals surface area contributed by atoms with Gasteiger partial charge in [-0.2, -0.15) is 0 Å². The number of nitrogens with one attached hydrogen (secondary N) is 2. The van der Waals surface area contributed by atoms with Crippen molar-refractivity contribution >= 4 is 17.5 Å². The number of anilines is 1. The van der Waals surface area contributed by atoms with Crippen molar-refractivity contribution in [1.29, 1.82) is 0 Å². The Labute approximate surface area is 182 Å². The van der Waals surface area contributed by atoms with Crippen LogP contribution in [0.5, 0.6) is 23.0 Å². The van der Waals surface area contributed by atoms with Crippen LogP contribution in [0.2, 0.25) is 0 Å². The summed E-state index contributed by atoms with van der Waals surface area (Å²) < 4.78 is 21.2. The van der Waals surface area contributed by atoms with Gasteiger partial charge in [-0.1, -0.05) is 19.9 Å². The highest BCUT2D eigenvalue weighted by molar-refractivity contribution is 6.02. The highest BCUT2D eigenvalue weighted by Gasteiger charge is 2.27. The van der Waals surface area contributed by atoms with E-state index in [-0.39, 0.29) is 17.4 Å². The predicted octanol–water partition coefficient (Wildman–Crippen LogP) is 3.42. The third kappa shape index (κ3) is 5.59. The van der Waals surface area contributed by atoms with Crippen LogP contribution in [0.1, 0.15) is 29.8 Å². The zero-order valence-corrected chi connectivity index (χ0v) is 19.0. The van der Waals surface area contributed by atoms with Crippen molar-refractivity contribution in [3.05, 3.63) is 41.5 Å². The number of benzene rings is 2. The first-order chi connectivity index (χ1) is 14.7. The smallest absolute Gasteiger partial charge is 0.252 e. The summed E-state index contributed by atoms with van der Waals surface area (Å²) in [6.07, 6.45) is 0. The molecule has 2 N–H and O–H groups in total. The van der Waals surface area contributed by atoms with Crippen molar-refractivity contribution in [3.63, 3.8) is 0 Å². The van der Waals surface area contributed by atoms with Gasteiger partial charge in [0.25, 0.3) is 5.91 Å². The number of ether oxygens (including phenoxy) is 4. The summed E-state index contributed by atoms with van der Waals surface area (Å²) in [5.74, 6) is 0.665. The number of carbonyl (C=O) groups excluding carboxylic acids is 2. The number of methoxy groups -OCH3 is 4. The number of hydrogen-bond acceptors (Lipinski definition) is 6. The molecule has 0 aliphatic carbocycles. The Balaban J connectivity index is 2.28. The molecule has 2 aromatic carbocycles. The van der Waals surface area contributed by atoms with Gasteiger partial charge in [0.05, 0.1) is 34.1 Å². The summed E-state index contributed by atoms with van der Waals surface area (Å²) in [6.45, 7) is 5.63. The van der Waals surface area contributed by atoms with E-state index in [1.807, 2.05) is 32.9 Å². The molecule has 0 fully saturated rings. The van der Waals surface area contributed by atoms with Gasteiger partial charge in [-0.25, -0.2) is 0 Å². The van der Waals surface area contributed by atoms with Crippen molar-refractivity contribution < 1.29 is 28.5 Å². The van der Waals surface area contributed by atoms with Gasteiger partial charge < -0.3 is 29.6 Å². The Morgan fingerprint density at radius 2 is 1.42 bits per heavy atom. The highest BCUT2D eigenvalue weighted by Crippen LogP contribution is 2.38. The lowest BCUT2D eigenvalue weighted by Gasteiger charge is -2.23. The molecule has 0 spiro atoms. The molecular weight excluding hydrogens is 400 g/mol. The first-order valence-corrected chi connectivity index (χ1v) is 9.82. The number of carbonyl (C=O) groups is 2. The number of amides is 2. The van der Waals surface area contributed by atoms with E-state index in [0.29, 0.717) is 28.7 Å². The van der Waals surface area contributed by atoms with Gasteiger partial charge in [-0.3, -0.25) is 9.59 Å². The summed E-state index contributed by atoms with van der Waals surface area (Å²) in [4.78, 5) is 26.0. The van der Waals surface area contributed by atoms with E-state index in [1.165, 1.54) is 40.6 Å². The molecule has 0 aliphatic heterocycles. The molecule has 0 saturated carbocycles. The first kappa shape index (κ1) is 23.9. The molecule has 2 aromatic rings. The van der Waals surface area contributed by atoms with Gasteiger partial charge in [-0.15, -0.1) is 0 Å². The minimum absolute atomic E-state index is 0.165. The zero-order chi connectivity index (χ0) is 23.1. The second kappa shape index (κ2) is 10.6. The third-order valence-electron chi connectivity index (χ3n) is 4.78. The molecule has 1 atom stereocenters. The zero-order valence-electron chi connectivity index (χ0n) is 19.0. The average molecular weight is 431 g/mol. The van der Waals surface area contributed by atoms with E-state index in [1.54, 1.807) is 6.07 Å². The van der Waals surface area contributed by atoms with Crippen molar-refractivity contribution in [3.8, 4) is 23.0 Å². The fourth-order valence-electron chi connectivity index (χ4n) is 3.10. The van der Waals surface area contributed by atoms with Crippen LogP contribution in [0.4, 0.5) is 5.69 Å². The van der Waals surface area contributed by atoms with Crippen molar-refractivity contribution in [1.82, 2.24) is 5.32 Å². The summed E-state index contributed by atoms with van der Waals surface area (Å²) in [5.41, 5.74) is 1.79. The Hall–Kier alpha value is -3.42. The van der Waals surface area contributed by atoms with Gasteiger partial charge in [0.1, 0.15) is 11.8 Å². The van der Waals surface area contributed by atoms with E-state index < -0.39 is 11.9 Å². The molecule has 0 aromatic heterocycles. The highest BCUT2D eigenvalue weighted by atomic mass is 16.5. The van der Waals surface area contributed by atoms with E-state index in [9.17, 15) is 9.59 Å². The van der Waals surface area contributed by atoms with Gasteiger partial charge >= 0.3 is 0 Å². The van der Waals surface area contributed by atoms with Gasteiger partial charge in [0, 0.05) is 5.56 Å². The quantitative estimate of drug-likeness (QED) is 0.633. The molecule has 8 nitrogen and oxygen atoms in total. The van der Waals surface area contributed by atoms with Gasteiger partial charge in [0.2, 0.25) is 11.7 Å². The molecule has 0 unspecified atom stereocenters. The van der Waals surface area contributed by atoms with E-state index >= 15 is 0 Å². The maximum absolute atomic E-state index is 13.0. The monoisotopic (exact) mass is 430 g/mol. The fraction of sp³-hybridized carbons (Fsp3) is 0.391. The average Bonchev–Trinajstić information content (AvgIpc) is 2.75. The first-order valence-electron chi connectivity index (χ1n) is 9.82. The molecule has 0 saturated heterocycles. The Bertz CT molecular complexity index is 917. The molecule has 168 valence electrons. The van der Waals surface area contributed by atoms with Crippen LogP contribution < -0.4 is 29.6 Å². The summed E-state index contributed by atoms with van der Waals surface area (Å²) in [7, 11) is 5.96. The number of hydrogen-bond donors (Lipinski definition) is 2. The Morgan fingerprint density at radius 3 is 1.90 bits per heavy atom. The lowest BCUT2D eigenvalue weighted by atomic mass is 10.0. The van der Waals surface area contributed by atoms with Gasteiger partial charge in [-0.05, 0) is 42.7 Å². The summed E-state index contributed by atoms with van der Waals surface area (Å²) in [5, 5.41) is 5.66. The normalized spacial score (nSPS) is 11.5. The van der Waals surface area contributed by atoms with Crippen molar-refractivity contribution in [2.45, 2.75) is 26.8 Å². The molecule has 0 radical (unpaired) electrons. The lowest BCUT2D eigenvalue weighted by molar-refractivity contribution is -0.118. The topological polar surface area (TPSA) is 95.1 Å². The van der Waals surface area contributed by atoms with Crippen LogP contribution >= 0.6 is 0 Å². The fourth-order valence-corrected chi connectivity index (χ4v) is 3.10. The van der Waals surface area contributed by atoms with Crippen LogP contribution in [0.25, 0.3) is 0 Å². The minimum atomic E-state index is -0.781. The van der Waals surface area contributed by atoms with E-state index in [0.717, 1.165) is 5.56 Å². The van der Waals surface area contributed by atoms with Crippen LogP contribution in [0.15, 0.2) is 30.3 Å². The third-order valence-corrected chi connectivity index (χ3v) is 4.78. The molecular formula is C23H30N2O6. The second-order valence-corrected chi connectivity index (χ2v) is 7.30. The maximum atomic E-state index is 13.0. The predicted molar refractivity (Wildman–Crippen MR) is 119 cm³/mol. The molecule has 2 rings (SSSR count). The molecule has 0 aliphatic rings. The van der Waals surface area contributed by atoms with Crippen LogP contribution in [-0.4, -0.2) is 46.3 Å². The SMILES string of the molecule is COc1ccc(C)cc1NC(=O)[C@H](NC(=O)c1cc(OC)c(OC)c(OC)c1)C(C)C. The van der Waals surface area contributed by atoms with Crippen molar-refractivity contribution in [2.75, 3.05) is 33.8 Å². The van der Waals surface area contributed by atoms with E-state index in [4.69, 9.17) is 18.9 Å². The number of rotatable bonds is 9. The van der Waals surface area contributed by atoms with E-state index in [2.05, 4.69) is 10.6 Å². The van der Waals surface area contributed by atoms with Crippen LogP contribution in [0, 0.1) is 12.8 Å². The Morgan fingerprint density at radius 1 is 0.839 bits per heavy atom. The summed E-state index contributed by atoms with van der Waals surface area (Å²) >= 11 is 0. The largest absolute Gasteiger partial charge is 0.495 e.